The van der Waals surface area contributed by atoms with Gasteiger partial charge in [-0.25, -0.2) is 0 Å². The Morgan fingerprint density at radius 2 is 1.84 bits per heavy atom. The molecule has 4 nitrogen and oxygen atoms in total. The van der Waals surface area contributed by atoms with E-state index in [1.165, 1.54) is 55.8 Å². The van der Waals surface area contributed by atoms with Crippen molar-refractivity contribution in [3.05, 3.63) is 63.3 Å². The van der Waals surface area contributed by atoms with Crippen molar-refractivity contribution in [2.75, 3.05) is 0 Å². The van der Waals surface area contributed by atoms with Gasteiger partial charge in [0.1, 0.15) is 5.75 Å². The summed E-state index contributed by atoms with van der Waals surface area (Å²) < 4.78 is 74.5. The molecule has 0 radical (unpaired) electrons. The number of thiophene rings is 1. The molecule has 1 atom stereocenters. The summed E-state index contributed by atoms with van der Waals surface area (Å²) in [6.45, 7) is 0.357. The van der Waals surface area contributed by atoms with E-state index in [2.05, 4.69) is 4.74 Å². The quantitative estimate of drug-likeness (QED) is 0.451. The molecule has 0 aliphatic carbocycles. The van der Waals surface area contributed by atoms with E-state index in [4.69, 9.17) is 0 Å². The molecule has 3 aromatic rings. The first-order valence-corrected chi connectivity index (χ1v) is 10.5. The average molecular weight is 475 g/mol. The van der Waals surface area contributed by atoms with Gasteiger partial charge in [-0.2, -0.15) is 22.0 Å². The van der Waals surface area contributed by atoms with Crippen molar-refractivity contribution < 1.29 is 31.8 Å². The Hall–Kier alpha value is -2.46. The van der Waals surface area contributed by atoms with Crippen LogP contribution in [0.1, 0.15) is 31.4 Å². The average Bonchev–Trinajstić information content (AvgIpc) is 3.15. The Morgan fingerprint density at radius 3 is 2.47 bits per heavy atom. The van der Waals surface area contributed by atoms with Gasteiger partial charge in [-0.15, -0.1) is 11.3 Å². The number of nitrogens with zero attached hydrogens (tertiary/aromatic N) is 1. The van der Waals surface area contributed by atoms with Crippen LogP contribution < -0.4 is 10.2 Å². The fourth-order valence-corrected chi connectivity index (χ4v) is 4.77. The standard InChI is InChI=1S/C22H22F5NO3S/c1-13-5-4-6-14(17(13)31-19(23)24)20(2,3)11-21(30,22(25,26)27)12-28-9-7-16(29)18-15(28)8-10-32-18/h4-10,19,30H,11-12H2,1-3H3. The Kier molecular flexibility index (Phi) is 6.41. The minimum absolute atomic E-state index is 0.126. The van der Waals surface area contributed by atoms with E-state index in [9.17, 15) is 31.9 Å². The SMILES string of the molecule is Cc1cccc(C(C)(C)CC(O)(Cn2ccc(=O)c3sccc32)C(F)(F)F)c1OC(F)F. The van der Waals surface area contributed by atoms with E-state index in [-0.39, 0.29) is 27.0 Å². The number of alkyl halides is 5. The zero-order valence-electron chi connectivity index (χ0n) is 17.5. The highest BCUT2D eigenvalue weighted by atomic mass is 32.1. The monoisotopic (exact) mass is 475 g/mol. The highest BCUT2D eigenvalue weighted by molar-refractivity contribution is 7.17. The first-order chi connectivity index (χ1) is 14.7. The Labute approximate surface area is 184 Å². The molecule has 0 fully saturated rings. The maximum absolute atomic E-state index is 14.2. The van der Waals surface area contributed by atoms with Gasteiger partial charge in [0.2, 0.25) is 0 Å². The molecule has 1 unspecified atom stereocenters. The lowest BCUT2D eigenvalue weighted by Gasteiger charge is -2.39. The zero-order valence-corrected chi connectivity index (χ0v) is 18.4. The van der Waals surface area contributed by atoms with Gasteiger partial charge in [0.15, 0.2) is 11.0 Å². The molecule has 0 aliphatic rings. The third-order valence-corrected chi connectivity index (χ3v) is 6.34. The molecule has 2 heterocycles. The maximum Gasteiger partial charge on any atom is 0.418 e. The summed E-state index contributed by atoms with van der Waals surface area (Å²) in [5.41, 5.74) is -4.19. The summed E-state index contributed by atoms with van der Waals surface area (Å²) in [5.74, 6) is -0.208. The topological polar surface area (TPSA) is 51.5 Å². The van der Waals surface area contributed by atoms with Crippen LogP contribution in [0.25, 0.3) is 10.2 Å². The number of hydrogen-bond acceptors (Lipinski definition) is 4. The summed E-state index contributed by atoms with van der Waals surface area (Å²) in [7, 11) is 0. The highest BCUT2D eigenvalue weighted by Gasteiger charge is 2.56. The number of aryl methyl sites for hydroxylation is 1. The molecule has 0 saturated heterocycles. The Bertz CT molecular complexity index is 1170. The first-order valence-electron chi connectivity index (χ1n) is 9.66. The molecule has 1 aromatic carbocycles. The summed E-state index contributed by atoms with van der Waals surface area (Å²) in [4.78, 5) is 12.0. The molecule has 0 amide bonds. The smallest absolute Gasteiger partial charge is 0.418 e. The first kappa shape index (κ1) is 24.2. The number of rotatable bonds is 7. The van der Waals surface area contributed by atoms with Gasteiger partial charge >= 0.3 is 12.8 Å². The fraction of sp³-hybridized carbons (Fsp3) is 0.409. The van der Waals surface area contributed by atoms with Crippen LogP contribution in [0.4, 0.5) is 22.0 Å². The van der Waals surface area contributed by atoms with Gasteiger partial charge in [-0.05, 0) is 35.8 Å². The van der Waals surface area contributed by atoms with Crippen LogP contribution in [0.15, 0.2) is 46.7 Å². The van der Waals surface area contributed by atoms with Crippen LogP contribution in [-0.2, 0) is 12.0 Å². The normalized spacial score (nSPS) is 14.7. The highest BCUT2D eigenvalue weighted by Crippen LogP contribution is 2.45. The third-order valence-electron chi connectivity index (χ3n) is 5.43. The molecule has 32 heavy (non-hydrogen) atoms. The largest absolute Gasteiger partial charge is 0.434 e. The van der Waals surface area contributed by atoms with E-state index in [0.717, 1.165) is 17.4 Å². The van der Waals surface area contributed by atoms with Crippen LogP contribution in [-0.4, -0.2) is 28.1 Å². The third kappa shape index (κ3) is 4.66. The van der Waals surface area contributed by atoms with Gasteiger partial charge in [-0.3, -0.25) is 4.79 Å². The summed E-state index contributed by atoms with van der Waals surface area (Å²) >= 11 is 1.10. The summed E-state index contributed by atoms with van der Waals surface area (Å²) in [5, 5.41) is 12.5. The van der Waals surface area contributed by atoms with Gasteiger partial charge < -0.3 is 14.4 Å². The Balaban J connectivity index is 2.06. The number of hydrogen-bond donors (Lipinski definition) is 1. The number of para-hydroxylation sites is 1. The second-order valence-electron chi connectivity index (χ2n) is 8.36. The summed E-state index contributed by atoms with van der Waals surface area (Å²) in [6, 6.07) is 7.13. The lowest BCUT2D eigenvalue weighted by molar-refractivity contribution is -0.271. The summed E-state index contributed by atoms with van der Waals surface area (Å²) in [6.07, 6.45) is -4.66. The van der Waals surface area contributed by atoms with Gasteiger partial charge in [-0.1, -0.05) is 32.0 Å². The van der Waals surface area contributed by atoms with E-state index in [0.29, 0.717) is 5.56 Å². The van der Waals surface area contributed by atoms with Crippen LogP contribution in [0.2, 0.25) is 0 Å². The van der Waals surface area contributed by atoms with E-state index >= 15 is 0 Å². The van der Waals surface area contributed by atoms with Crippen LogP contribution >= 0.6 is 11.3 Å². The van der Waals surface area contributed by atoms with Gasteiger partial charge in [0.25, 0.3) is 0 Å². The minimum Gasteiger partial charge on any atom is -0.434 e. The number of benzene rings is 1. The van der Waals surface area contributed by atoms with Crippen LogP contribution in [0.5, 0.6) is 5.75 Å². The number of pyridine rings is 1. The predicted molar refractivity (Wildman–Crippen MR) is 113 cm³/mol. The van der Waals surface area contributed by atoms with Crippen molar-refractivity contribution in [3.8, 4) is 5.75 Å². The Morgan fingerprint density at radius 1 is 1.16 bits per heavy atom. The second-order valence-corrected chi connectivity index (χ2v) is 9.28. The molecule has 0 aliphatic heterocycles. The van der Waals surface area contributed by atoms with E-state index in [1.54, 1.807) is 5.38 Å². The molecule has 0 bridgehead atoms. The lowest BCUT2D eigenvalue weighted by Crippen LogP contribution is -2.52. The van der Waals surface area contributed by atoms with Crippen molar-refractivity contribution in [3.63, 3.8) is 0 Å². The number of aromatic nitrogens is 1. The zero-order chi connectivity index (χ0) is 23.9. The van der Waals surface area contributed by atoms with Crippen LogP contribution in [0.3, 0.4) is 0 Å². The molecule has 2 aromatic heterocycles. The molecule has 1 N–H and O–H groups in total. The molecule has 0 spiro atoms. The number of ether oxygens (including phenoxy) is 1. The van der Waals surface area contributed by atoms with Crippen molar-refractivity contribution in [2.45, 2.75) is 57.5 Å². The maximum atomic E-state index is 14.2. The number of aliphatic hydroxyl groups is 1. The molecule has 174 valence electrons. The number of halogens is 5. The lowest BCUT2D eigenvalue weighted by atomic mass is 9.74. The van der Waals surface area contributed by atoms with Crippen molar-refractivity contribution >= 4 is 21.6 Å². The van der Waals surface area contributed by atoms with Crippen molar-refractivity contribution in [1.82, 2.24) is 4.57 Å². The molecular formula is C22H22F5NO3S. The minimum atomic E-state index is -5.04. The van der Waals surface area contributed by atoms with Crippen molar-refractivity contribution in [1.29, 1.82) is 0 Å². The second kappa shape index (κ2) is 8.47. The van der Waals surface area contributed by atoms with Crippen LogP contribution in [0, 0.1) is 6.92 Å². The molecular weight excluding hydrogens is 453 g/mol. The van der Waals surface area contributed by atoms with E-state index in [1.807, 2.05) is 0 Å². The predicted octanol–water partition coefficient (Wildman–Crippen LogP) is 5.63. The van der Waals surface area contributed by atoms with Crippen molar-refractivity contribution in [2.24, 2.45) is 0 Å². The van der Waals surface area contributed by atoms with Gasteiger partial charge in [0.05, 0.1) is 16.8 Å². The fourth-order valence-electron chi connectivity index (χ4n) is 3.95. The molecule has 10 heteroatoms. The molecule has 3 rings (SSSR count). The number of fused-ring (bicyclic) bond motifs is 1. The van der Waals surface area contributed by atoms with E-state index < -0.39 is 36.8 Å². The van der Waals surface area contributed by atoms with Gasteiger partial charge in [0, 0.05) is 17.8 Å². The molecule has 0 saturated carbocycles.